The summed E-state index contributed by atoms with van der Waals surface area (Å²) in [6, 6.07) is 0. The Morgan fingerprint density at radius 2 is 1.72 bits per heavy atom. The summed E-state index contributed by atoms with van der Waals surface area (Å²) >= 11 is 0. The second-order valence-corrected chi connectivity index (χ2v) is 7.01. The number of quaternary nitrogens is 1. The summed E-state index contributed by atoms with van der Waals surface area (Å²) in [5.74, 6) is -0.0206. The van der Waals surface area contributed by atoms with Gasteiger partial charge in [0.25, 0.3) is 0 Å². The predicted molar refractivity (Wildman–Crippen MR) is 71.2 cm³/mol. The van der Waals surface area contributed by atoms with Crippen molar-refractivity contribution in [2.24, 2.45) is 5.41 Å². The molecule has 3 heterocycles. The Labute approximate surface area is 110 Å². The van der Waals surface area contributed by atoms with E-state index in [9.17, 15) is 4.79 Å². The maximum Gasteiger partial charge on any atom is 0.362 e. The second-order valence-electron chi connectivity index (χ2n) is 7.01. The molecule has 0 aromatic rings. The van der Waals surface area contributed by atoms with Gasteiger partial charge in [-0.3, -0.25) is 4.90 Å². The van der Waals surface area contributed by atoms with Gasteiger partial charge in [0.2, 0.25) is 0 Å². The van der Waals surface area contributed by atoms with Crippen molar-refractivity contribution in [2.45, 2.75) is 33.8 Å². The van der Waals surface area contributed by atoms with Crippen LogP contribution >= 0.6 is 0 Å². The van der Waals surface area contributed by atoms with Gasteiger partial charge in [0, 0.05) is 19.6 Å². The Bertz CT molecular complexity index is 300. The van der Waals surface area contributed by atoms with E-state index >= 15 is 0 Å². The first-order valence-electron chi connectivity index (χ1n) is 7.08. The zero-order valence-electron chi connectivity index (χ0n) is 12.2. The highest BCUT2D eigenvalue weighted by Crippen LogP contribution is 2.23. The molecule has 0 spiro atoms. The molecule has 0 radical (unpaired) electrons. The van der Waals surface area contributed by atoms with Crippen molar-refractivity contribution in [1.82, 2.24) is 4.90 Å². The maximum absolute atomic E-state index is 12.1. The standard InChI is InChI=1S/C14H27N2O2/c1-12(14(2,3)4)18-13(17)11-16-8-5-15(6-9-16)7-10-16/h12H,5-11H2,1-4H3/q+1/t12-/m1/s1. The smallest absolute Gasteiger partial charge is 0.362 e. The van der Waals surface area contributed by atoms with Crippen LogP contribution in [0.5, 0.6) is 0 Å². The normalized spacial score (nSPS) is 33.2. The van der Waals surface area contributed by atoms with Crippen LogP contribution in [0.15, 0.2) is 0 Å². The minimum Gasteiger partial charge on any atom is -0.458 e. The fraction of sp³-hybridized carbons (Fsp3) is 0.929. The quantitative estimate of drug-likeness (QED) is 0.559. The lowest BCUT2D eigenvalue weighted by Gasteiger charge is -2.49. The van der Waals surface area contributed by atoms with Gasteiger partial charge < -0.3 is 9.22 Å². The van der Waals surface area contributed by atoms with Crippen molar-refractivity contribution in [3.05, 3.63) is 0 Å². The van der Waals surface area contributed by atoms with Crippen molar-refractivity contribution >= 4 is 5.97 Å². The molecule has 0 aromatic carbocycles. The van der Waals surface area contributed by atoms with Gasteiger partial charge in [-0.05, 0) is 12.3 Å². The summed E-state index contributed by atoms with van der Waals surface area (Å²) in [6.07, 6.45) is -0.0192. The van der Waals surface area contributed by atoms with Gasteiger partial charge in [-0.25, -0.2) is 4.79 Å². The Kier molecular flexibility index (Phi) is 3.70. The van der Waals surface area contributed by atoms with Gasteiger partial charge >= 0.3 is 5.97 Å². The molecule has 104 valence electrons. The number of esters is 1. The number of hydrogen-bond acceptors (Lipinski definition) is 3. The highest BCUT2D eigenvalue weighted by Gasteiger charge is 2.40. The van der Waals surface area contributed by atoms with Crippen LogP contribution in [-0.4, -0.2) is 67.3 Å². The lowest BCUT2D eigenvalue weighted by atomic mass is 9.90. The molecule has 4 heteroatoms. The fourth-order valence-electron chi connectivity index (χ4n) is 2.65. The molecule has 0 unspecified atom stereocenters. The van der Waals surface area contributed by atoms with Gasteiger partial charge in [-0.15, -0.1) is 0 Å². The molecule has 3 rings (SSSR count). The molecule has 0 saturated carbocycles. The molecule has 3 fully saturated rings. The number of carbonyl (C=O) groups excluding carboxylic acids is 1. The Hall–Kier alpha value is -0.610. The van der Waals surface area contributed by atoms with Crippen molar-refractivity contribution in [3.63, 3.8) is 0 Å². The minimum atomic E-state index is -0.0206. The first-order chi connectivity index (χ1) is 8.31. The van der Waals surface area contributed by atoms with Crippen LogP contribution in [0.4, 0.5) is 0 Å². The Balaban J connectivity index is 1.87. The van der Waals surface area contributed by atoms with Crippen molar-refractivity contribution in [1.29, 1.82) is 0 Å². The van der Waals surface area contributed by atoms with E-state index in [1.807, 2.05) is 6.92 Å². The number of ether oxygens (including phenoxy) is 1. The fourth-order valence-corrected chi connectivity index (χ4v) is 2.65. The molecular formula is C14H27N2O2+. The second kappa shape index (κ2) is 4.82. The third-order valence-electron chi connectivity index (χ3n) is 4.66. The summed E-state index contributed by atoms with van der Waals surface area (Å²) < 4.78 is 6.54. The van der Waals surface area contributed by atoms with E-state index in [0.717, 1.165) is 43.8 Å². The van der Waals surface area contributed by atoms with Gasteiger partial charge in [0.15, 0.2) is 6.54 Å². The Morgan fingerprint density at radius 1 is 1.22 bits per heavy atom. The van der Waals surface area contributed by atoms with Gasteiger partial charge in [-0.1, -0.05) is 20.8 Å². The van der Waals surface area contributed by atoms with E-state index < -0.39 is 0 Å². The average molecular weight is 255 g/mol. The van der Waals surface area contributed by atoms with Gasteiger partial charge in [0.1, 0.15) is 6.10 Å². The Morgan fingerprint density at radius 3 is 2.17 bits per heavy atom. The van der Waals surface area contributed by atoms with E-state index in [2.05, 4.69) is 25.7 Å². The number of piperazine rings is 3. The number of carbonyl (C=O) groups is 1. The molecule has 0 N–H and O–H groups in total. The molecule has 1 atom stereocenters. The third-order valence-corrected chi connectivity index (χ3v) is 4.66. The van der Waals surface area contributed by atoms with Crippen LogP contribution in [-0.2, 0) is 9.53 Å². The van der Waals surface area contributed by atoms with E-state index in [1.165, 1.54) is 0 Å². The van der Waals surface area contributed by atoms with Crippen LogP contribution in [0, 0.1) is 5.41 Å². The predicted octanol–water partition coefficient (Wildman–Crippen LogP) is 1.11. The molecule has 18 heavy (non-hydrogen) atoms. The molecule has 4 nitrogen and oxygen atoms in total. The SMILES string of the molecule is C[C@@H](OC(=O)C[N+]12CCN(CC1)CC2)C(C)(C)C. The maximum atomic E-state index is 12.1. The molecule has 0 amide bonds. The van der Waals surface area contributed by atoms with Crippen LogP contribution < -0.4 is 0 Å². The van der Waals surface area contributed by atoms with E-state index in [1.54, 1.807) is 0 Å². The van der Waals surface area contributed by atoms with Crippen LogP contribution in [0.3, 0.4) is 0 Å². The highest BCUT2D eigenvalue weighted by atomic mass is 16.5. The highest BCUT2D eigenvalue weighted by molar-refractivity contribution is 5.70. The van der Waals surface area contributed by atoms with E-state index in [4.69, 9.17) is 4.74 Å². The van der Waals surface area contributed by atoms with Gasteiger partial charge in [-0.2, -0.15) is 0 Å². The van der Waals surface area contributed by atoms with Crippen LogP contribution in [0.1, 0.15) is 27.7 Å². The monoisotopic (exact) mass is 255 g/mol. The number of nitrogens with zero attached hydrogens (tertiary/aromatic N) is 2. The summed E-state index contributed by atoms with van der Waals surface area (Å²) in [5.41, 5.74) is 0.0241. The summed E-state index contributed by atoms with van der Waals surface area (Å²) in [5, 5.41) is 0. The molecule has 3 aliphatic rings. The number of fused-ring (bicyclic) bond motifs is 3. The van der Waals surface area contributed by atoms with E-state index in [-0.39, 0.29) is 17.5 Å². The summed E-state index contributed by atoms with van der Waals surface area (Å²) in [6.45, 7) is 15.6. The summed E-state index contributed by atoms with van der Waals surface area (Å²) in [4.78, 5) is 14.6. The lowest BCUT2D eigenvalue weighted by Crippen LogP contribution is -2.68. The van der Waals surface area contributed by atoms with Crippen molar-refractivity contribution in [2.75, 3.05) is 45.8 Å². The minimum absolute atomic E-state index is 0.0192. The van der Waals surface area contributed by atoms with Crippen molar-refractivity contribution < 1.29 is 14.0 Å². The largest absolute Gasteiger partial charge is 0.458 e. The van der Waals surface area contributed by atoms with Gasteiger partial charge in [0.05, 0.1) is 19.6 Å². The van der Waals surface area contributed by atoms with E-state index in [0.29, 0.717) is 6.54 Å². The molecule has 2 bridgehead atoms. The zero-order chi connectivity index (χ0) is 13.4. The molecule has 3 aliphatic heterocycles. The molecule has 0 aliphatic carbocycles. The van der Waals surface area contributed by atoms with Crippen LogP contribution in [0.2, 0.25) is 0 Å². The lowest BCUT2D eigenvalue weighted by molar-refractivity contribution is -0.934. The third kappa shape index (κ3) is 3.04. The first-order valence-corrected chi connectivity index (χ1v) is 7.08. The first kappa shape index (κ1) is 13.8. The van der Waals surface area contributed by atoms with Crippen LogP contribution in [0.25, 0.3) is 0 Å². The average Bonchev–Trinajstić information content (AvgIpc) is 2.29. The number of hydrogen-bond donors (Lipinski definition) is 0. The number of rotatable bonds is 3. The summed E-state index contributed by atoms with van der Waals surface area (Å²) in [7, 11) is 0. The van der Waals surface area contributed by atoms with Crippen molar-refractivity contribution in [3.8, 4) is 0 Å². The molecule has 0 aromatic heterocycles. The molecule has 3 saturated heterocycles. The zero-order valence-corrected chi connectivity index (χ0v) is 12.2. The topological polar surface area (TPSA) is 29.5 Å². The molecular weight excluding hydrogens is 228 g/mol.